The van der Waals surface area contributed by atoms with Crippen molar-refractivity contribution in [2.24, 2.45) is 5.92 Å². The highest BCUT2D eigenvalue weighted by Gasteiger charge is 2.32. The van der Waals surface area contributed by atoms with Crippen molar-refractivity contribution < 1.29 is 29.0 Å². The first kappa shape index (κ1) is 17.1. The lowest BCUT2D eigenvalue weighted by atomic mass is 9.89. The Morgan fingerprint density at radius 3 is 2.70 bits per heavy atom. The van der Waals surface area contributed by atoms with Gasteiger partial charge in [-0.1, -0.05) is 18.2 Å². The molecule has 8 heteroatoms. The number of nitrogens with one attached hydrogen (secondary N) is 1. The maximum absolute atomic E-state index is 12.3. The number of benzene rings is 1. The van der Waals surface area contributed by atoms with Gasteiger partial charge in [-0.15, -0.1) is 0 Å². The zero-order chi connectivity index (χ0) is 17.0. The molecule has 1 atom stereocenters. The molecule has 122 valence electrons. The Morgan fingerprint density at radius 2 is 2.04 bits per heavy atom. The summed E-state index contributed by atoms with van der Waals surface area (Å²) in [6.45, 7) is 0. The molecular weight excluding hydrogens is 321 g/mol. The fourth-order valence-corrected chi connectivity index (χ4v) is 2.86. The third kappa shape index (κ3) is 4.89. The lowest BCUT2D eigenvalue weighted by Crippen LogP contribution is -2.32. The maximum Gasteiger partial charge on any atom is 0.427 e. The summed E-state index contributed by atoms with van der Waals surface area (Å²) in [6.07, 6.45) is 4.15. The first-order valence-electron chi connectivity index (χ1n) is 6.83. The lowest BCUT2D eigenvalue weighted by molar-refractivity contribution is -0.128. The Kier molecular flexibility index (Phi) is 5.15. The summed E-state index contributed by atoms with van der Waals surface area (Å²) < 4.78 is 11.1. The van der Waals surface area contributed by atoms with Crippen molar-refractivity contribution in [3.05, 3.63) is 53.8 Å². The standard InChI is InChI=1S/C15H16NO6P/c17-11-4-1-3-10(9-11)7-8-14(19)15-12(16-23(20,21)22)5-2-6-13(15)18/h1-6,9,15,17H,7-8H2,(H3,16,20,21,22). The number of hydrogen-bond donors (Lipinski definition) is 4. The molecule has 0 spiro atoms. The highest BCUT2D eigenvalue weighted by molar-refractivity contribution is 7.49. The topological polar surface area (TPSA) is 124 Å². The zero-order valence-corrected chi connectivity index (χ0v) is 12.9. The van der Waals surface area contributed by atoms with Gasteiger partial charge in [0.2, 0.25) is 0 Å². The normalized spacial score (nSPS) is 17.7. The van der Waals surface area contributed by atoms with Gasteiger partial charge in [0.15, 0.2) is 5.78 Å². The first-order valence-corrected chi connectivity index (χ1v) is 8.44. The third-order valence-electron chi connectivity index (χ3n) is 3.30. The number of aryl methyl sites for hydroxylation is 1. The van der Waals surface area contributed by atoms with Crippen LogP contribution in [0.1, 0.15) is 12.0 Å². The summed E-state index contributed by atoms with van der Waals surface area (Å²) in [6, 6.07) is 6.40. The van der Waals surface area contributed by atoms with Gasteiger partial charge in [0.25, 0.3) is 0 Å². The van der Waals surface area contributed by atoms with E-state index in [4.69, 9.17) is 9.79 Å². The fourth-order valence-electron chi connectivity index (χ4n) is 2.32. The molecular formula is C15H16NO6P. The maximum atomic E-state index is 12.3. The van der Waals surface area contributed by atoms with Crippen LogP contribution in [-0.2, 0) is 20.6 Å². The Morgan fingerprint density at radius 1 is 1.30 bits per heavy atom. The molecule has 0 amide bonds. The summed E-state index contributed by atoms with van der Waals surface area (Å²) in [5, 5.41) is 11.3. The molecule has 7 nitrogen and oxygen atoms in total. The van der Waals surface area contributed by atoms with Gasteiger partial charge in [-0.25, -0.2) is 4.57 Å². The molecule has 0 aliphatic heterocycles. The van der Waals surface area contributed by atoms with Crippen LogP contribution in [0.4, 0.5) is 0 Å². The number of hydrogen-bond acceptors (Lipinski definition) is 4. The average molecular weight is 337 g/mol. The molecule has 0 aromatic heterocycles. The Hall–Kier alpha value is -2.21. The quantitative estimate of drug-likeness (QED) is 0.454. The van der Waals surface area contributed by atoms with E-state index in [0.717, 1.165) is 5.56 Å². The molecule has 1 aliphatic rings. The van der Waals surface area contributed by atoms with Gasteiger partial charge >= 0.3 is 7.75 Å². The van der Waals surface area contributed by atoms with Crippen molar-refractivity contribution in [3.8, 4) is 5.75 Å². The Labute approximate surface area is 132 Å². The van der Waals surface area contributed by atoms with Crippen molar-refractivity contribution in [3.63, 3.8) is 0 Å². The monoisotopic (exact) mass is 337 g/mol. The van der Waals surface area contributed by atoms with Gasteiger partial charge in [-0.2, -0.15) is 0 Å². The molecule has 23 heavy (non-hydrogen) atoms. The molecule has 1 aromatic rings. The number of allylic oxidation sites excluding steroid dienone is 4. The average Bonchev–Trinajstić information content (AvgIpc) is 2.43. The summed E-state index contributed by atoms with van der Waals surface area (Å²) >= 11 is 0. The molecule has 1 aromatic carbocycles. The molecule has 0 saturated carbocycles. The zero-order valence-electron chi connectivity index (χ0n) is 12.0. The molecule has 1 unspecified atom stereocenters. The number of rotatable bonds is 6. The second-order valence-corrected chi connectivity index (χ2v) is 6.42. The van der Waals surface area contributed by atoms with Gasteiger partial charge in [0, 0.05) is 12.1 Å². The van der Waals surface area contributed by atoms with Crippen molar-refractivity contribution in [1.82, 2.24) is 5.09 Å². The molecule has 2 rings (SSSR count). The van der Waals surface area contributed by atoms with Crippen LogP contribution >= 0.6 is 7.75 Å². The molecule has 4 N–H and O–H groups in total. The van der Waals surface area contributed by atoms with E-state index in [-0.39, 0.29) is 17.9 Å². The Bertz CT molecular complexity index is 733. The Balaban J connectivity index is 2.09. The highest BCUT2D eigenvalue weighted by atomic mass is 31.2. The molecule has 0 radical (unpaired) electrons. The third-order valence-corrected chi connectivity index (χ3v) is 3.85. The van der Waals surface area contributed by atoms with Crippen LogP contribution in [0.3, 0.4) is 0 Å². The van der Waals surface area contributed by atoms with E-state index < -0.39 is 25.2 Å². The minimum absolute atomic E-state index is 0.00782. The number of carbonyl (C=O) groups is 2. The van der Waals surface area contributed by atoms with Crippen molar-refractivity contribution in [1.29, 1.82) is 0 Å². The molecule has 0 fully saturated rings. The highest BCUT2D eigenvalue weighted by Crippen LogP contribution is 2.33. The van der Waals surface area contributed by atoms with Gasteiger partial charge in [-0.05, 0) is 36.3 Å². The predicted molar refractivity (Wildman–Crippen MR) is 82.3 cm³/mol. The van der Waals surface area contributed by atoms with Gasteiger partial charge in [-0.3, -0.25) is 14.7 Å². The predicted octanol–water partition coefficient (Wildman–Crippen LogP) is 1.22. The van der Waals surface area contributed by atoms with Gasteiger partial charge in [0.1, 0.15) is 17.5 Å². The van der Waals surface area contributed by atoms with Crippen LogP contribution in [0.25, 0.3) is 0 Å². The molecule has 1 aliphatic carbocycles. The minimum atomic E-state index is -4.61. The fraction of sp³-hybridized carbons (Fsp3) is 0.200. The molecule has 0 bridgehead atoms. The number of phenols is 1. The van der Waals surface area contributed by atoms with E-state index in [0.29, 0.717) is 6.42 Å². The van der Waals surface area contributed by atoms with E-state index in [9.17, 15) is 19.3 Å². The smallest absolute Gasteiger partial charge is 0.427 e. The van der Waals surface area contributed by atoms with Crippen LogP contribution < -0.4 is 5.09 Å². The van der Waals surface area contributed by atoms with E-state index in [1.807, 2.05) is 5.09 Å². The number of Topliss-reactive ketones (excluding diaryl/α,β-unsaturated/α-hetero) is 1. The first-order chi connectivity index (χ1) is 10.8. The summed E-state index contributed by atoms with van der Waals surface area (Å²) in [5.41, 5.74) is 0.623. The second-order valence-electron chi connectivity index (χ2n) is 5.11. The number of ketones is 2. The summed E-state index contributed by atoms with van der Waals surface area (Å²) in [4.78, 5) is 42.2. The van der Waals surface area contributed by atoms with Gasteiger partial charge < -0.3 is 14.9 Å². The van der Waals surface area contributed by atoms with E-state index in [1.165, 1.54) is 30.4 Å². The van der Waals surface area contributed by atoms with Crippen molar-refractivity contribution in [2.45, 2.75) is 12.8 Å². The lowest BCUT2D eigenvalue weighted by Gasteiger charge is -2.21. The van der Waals surface area contributed by atoms with Crippen molar-refractivity contribution in [2.75, 3.05) is 0 Å². The number of carbonyl (C=O) groups excluding carboxylic acids is 2. The summed E-state index contributed by atoms with van der Waals surface area (Å²) in [5.74, 6) is -2.14. The molecule has 0 saturated heterocycles. The van der Waals surface area contributed by atoms with E-state index >= 15 is 0 Å². The van der Waals surface area contributed by atoms with E-state index in [2.05, 4.69) is 0 Å². The van der Waals surface area contributed by atoms with Crippen LogP contribution in [0.15, 0.2) is 48.2 Å². The minimum Gasteiger partial charge on any atom is -0.508 e. The van der Waals surface area contributed by atoms with Crippen LogP contribution in [0.5, 0.6) is 5.75 Å². The SMILES string of the molecule is O=C1C=CC=C(NP(=O)(O)O)C1C(=O)CCc1cccc(O)c1. The number of aromatic hydroxyl groups is 1. The largest absolute Gasteiger partial charge is 0.508 e. The second kappa shape index (κ2) is 6.91. The molecule has 0 heterocycles. The van der Waals surface area contributed by atoms with Crippen LogP contribution in [-0.4, -0.2) is 26.5 Å². The van der Waals surface area contributed by atoms with Crippen LogP contribution in [0.2, 0.25) is 0 Å². The van der Waals surface area contributed by atoms with Crippen molar-refractivity contribution >= 4 is 19.3 Å². The number of phenolic OH excluding ortho intramolecular Hbond substituents is 1. The van der Waals surface area contributed by atoms with E-state index in [1.54, 1.807) is 12.1 Å². The van der Waals surface area contributed by atoms with Gasteiger partial charge in [0.05, 0.1) is 0 Å². The van der Waals surface area contributed by atoms with Crippen LogP contribution in [0, 0.1) is 5.92 Å². The summed E-state index contributed by atoms with van der Waals surface area (Å²) in [7, 11) is -4.61.